The van der Waals surface area contributed by atoms with Crippen LogP contribution in [0, 0.1) is 13.8 Å². The van der Waals surface area contributed by atoms with E-state index in [1.807, 2.05) is 6.07 Å². The van der Waals surface area contributed by atoms with Crippen molar-refractivity contribution in [1.29, 1.82) is 0 Å². The Balaban J connectivity index is 1.73. The molecule has 2 aromatic rings. The molecule has 9 heteroatoms. The summed E-state index contributed by atoms with van der Waals surface area (Å²) in [6.07, 6.45) is -2.85. The maximum Gasteiger partial charge on any atom is 0.435 e. The monoisotopic (exact) mass is 387 g/mol. The van der Waals surface area contributed by atoms with Crippen molar-refractivity contribution in [3.8, 4) is 0 Å². The highest BCUT2D eigenvalue weighted by atomic mass is 32.2. The number of alkyl halides is 3. The van der Waals surface area contributed by atoms with Gasteiger partial charge in [-0.05, 0) is 49.9 Å². The van der Waals surface area contributed by atoms with E-state index in [1.165, 1.54) is 4.68 Å². The standard InChI is InChI=1S/C17H20F3N3O2S/c1-11-3-4-12(2)15(9-11)26(24,25)21-7-8-23-14(13-5-6-13)10-16(22-23)17(18,19)20/h3-4,9-10,13,21H,5-8H2,1-2H3. The van der Waals surface area contributed by atoms with Gasteiger partial charge in [0.05, 0.1) is 11.4 Å². The minimum absolute atomic E-state index is 0.0333. The average Bonchev–Trinajstić information content (AvgIpc) is 3.28. The lowest BCUT2D eigenvalue weighted by molar-refractivity contribution is -0.141. The van der Waals surface area contributed by atoms with Gasteiger partial charge in [-0.2, -0.15) is 18.3 Å². The Morgan fingerprint density at radius 2 is 1.92 bits per heavy atom. The number of sulfonamides is 1. The van der Waals surface area contributed by atoms with Crippen molar-refractivity contribution in [3.63, 3.8) is 0 Å². The van der Waals surface area contributed by atoms with Gasteiger partial charge in [0.15, 0.2) is 5.69 Å². The van der Waals surface area contributed by atoms with Crippen LogP contribution < -0.4 is 4.72 Å². The van der Waals surface area contributed by atoms with Crippen LogP contribution in [0.5, 0.6) is 0 Å². The topological polar surface area (TPSA) is 64.0 Å². The molecule has 0 bridgehead atoms. The van der Waals surface area contributed by atoms with Crippen molar-refractivity contribution < 1.29 is 21.6 Å². The van der Waals surface area contributed by atoms with E-state index in [1.54, 1.807) is 26.0 Å². The number of halogens is 3. The number of aryl methyl sites for hydroxylation is 2. The second-order valence-corrected chi connectivity index (χ2v) is 8.35. The number of rotatable bonds is 6. The minimum Gasteiger partial charge on any atom is -0.267 e. The van der Waals surface area contributed by atoms with Crippen LogP contribution in [0.15, 0.2) is 29.2 Å². The molecule has 0 aliphatic heterocycles. The molecule has 0 amide bonds. The first-order valence-electron chi connectivity index (χ1n) is 8.30. The van der Waals surface area contributed by atoms with E-state index in [0.29, 0.717) is 11.3 Å². The summed E-state index contributed by atoms with van der Waals surface area (Å²) in [5.41, 5.74) is 1.01. The third-order valence-corrected chi connectivity index (χ3v) is 5.95. The number of benzene rings is 1. The van der Waals surface area contributed by atoms with Crippen LogP contribution >= 0.6 is 0 Å². The number of hydrogen-bond acceptors (Lipinski definition) is 3. The summed E-state index contributed by atoms with van der Waals surface area (Å²) in [7, 11) is -3.74. The quantitative estimate of drug-likeness (QED) is 0.827. The van der Waals surface area contributed by atoms with E-state index >= 15 is 0 Å². The van der Waals surface area contributed by atoms with E-state index in [9.17, 15) is 21.6 Å². The van der Waals surface area contributed by atoms with Crippen LogP contribution in [-0.4, -0.2) is 24.7 Å². The zero-order valence-corrected chi connectivity index (χ0v) is 15.3. The Bertz CT molecular complexity index is 916. The molecule has 142 valence electrons. The van der Waals surface area contributed by atoms with Gasteiger partial charge < -0.3 is 0 Å². The van der Waals surface area contributed by atoms with Crippen molar-refractivity contribution >= 4 is 10.0 Å². The molecule has 1 aliphatic carbocycles. The SMILES string of the molecule is Cc1ccc(C)c(S(=O)(=O)NCCn2nc(C(F)(F)F)cc2C2CC2)c1. The smallest absolute Gasteiger partial charge is 0.267 e. The highest BCUT2D eigenvalue weighted by molar-refractivity contribution is 7.89. The molecule has 0 radical (unpaired) electrons. The first kappa shape index (κ1) is 18.9. The van der Waals surface area contributed by atoms with E-state index in [0.717, 1.165) is 24.5 Å². The number of nitrogens with one attached hydrogen (secondary N) is 1. The molecular formula is C17H20F3N3O2S. The molecular weight excluding hydrogens is 367 g/mol. The average molecular weight is 387 g/mol. The van der Waals surface area contributed by atoms with Gasteiger partial charge in [0.2, 0.25) is 10.0 Å². The minimum atomic E-state index is -4.51. The van der Waals surface area contributed by atoms with Crippen LogP contribution in [0.25, 0.3) is 0 Å². The fourth-order valence-electron chi connectivity index (χ4n) is 2.82. The van der Waals surface area contributed by atoms with E-state index < -0.39 is 21.9 Å². The first-order valence-corrected chi connectivity index (χ1v) is 9.78. The summed E-state index contributed by atoms with van der Waals surface area (Å²) in [5, 5.41) is 3.62. The molecule has 1 aromatic heterocycles. The second kappa shape index (κ2) is 6.70. The molecule has 5 nitrogen and oxygen atoms in total. The van der Waals surface area contributed by atoms with Crippen LogP contribution in [0.3, 0.4) is 0 Å². The van der Waals surface area contributed by atoms with Gasteiger partial charge in [0.1, 0.15) is 0 Å². The maximum atomic E-state index is 12.9. The lowest BCUT2D eigenvalue weighted by Gasteiger charge is -2.11. The predicted molar refractivity (Wildman–Crippen MR) is 90.3 cm³/mol. The van der Waals surface area contributed by atoms with Gasteiger partial charge in [-0.15, -0.1) is 0 Å². The summed E-state index contributed by atoms with van der Waals surface area (Å²) in [6, 6.07) is 6.18. The molecule has 1 aromatic carbocycles. The highest BCUT2D eigenvalue weighted by Gasteiger charge is 2.37. The van der Waals surface area contributed by atoms with Crippen molar-refractivity contribution in [2.45, 2.75) is 50.2 Å². The van der Waals surface area contributed by atoms with Crippen LogP contribution in [0.2, 0.25) is 0 Å². The Labute approximate surface area is 150 Å². The third-order valence-electron chi connectivity index (χ3n) is 4.35. The van der Waals surface area contributed by atoms with Gasteiger partial charge in [0.25, 0.3) is 0 Å². The molecule has 26 heavy (non-hydrogen) atoms. The molecule has 3 rings (SSSR count). The summed E-state index contributed by atoms with van der Waals surface area (Å²) >= 11 is 0. The van der Waals surface area contributed by atoms with Crippen molar-refractivity contribution in [1.82, 2.24) is 14.5 Å². The van der Waals surface area contributed by atoms with Crippen molar-refractivity contribution in [2.24, 2.45) is 0 Å². The fourth-order valence-corrected chi connectivity index (χ4v) is 4.17. The van der Waals surface area contributed by atoms with Crippen LogP contribution in [0.4, 0.5) is 13.2 Å². The van der Waals surface area contributed by atoms with Crippen LogP contribution in [0.1, 0.15) is 41.3 Å². The largest absolute Gasteiger partial charge is 0.435 e. The zero-order valence-electron chi connectivity index (χ0n) is 14.5. The first-order chi connectivity index (χ1) is 12.1. The Hall–Kier alpha value is -1.87. The fraction of sp³-hybridized carbons (Fsp3) is 0.471. The third kappa shape index (κ3) is 4.09. The molecule has 0 spiro atoms. The Morgan fingerprint density at radius 3 is 2.54 bits per heavy atom. The van der Waals surface area contributed by atoms with Crippen molar-refractivity contribution in [3.05, 3.63) is 46.8 Å². The molecule has 1 aliphatic rings. The number of nitrogens with zero attached hydrogens (tertiary/aromatic N) is 2. The second-order valence-electron chi connectivity index (χ2n) is 6.62. The van der Waals surface area contributed by atoms with Gasteiger partial charge in [0, 0.05) is 18.2 Å². The lowest BCUT2D eigenvalue weighted by atomic mass is 10.2. The van der Waals surface area contributed by atoms with Gasteiger partial charge in [-0.25, -0.2) is 13.1 Å². The van der Waals surface area contributed by atoms with Gasteiger partial charge in [-0.3, -0.25) is 4.68 Å². The van der Waals surface area contributed by atoms with Crippen molar-refractivity contribution in [2.75, 3.05) is 6.54 Å². The summed E-state index contributed by atoms with van der Waals surface area (Å²) in [6.45, 7) is 3.51. The maximum absolute atomic E-state index is 12.9. The predicted octanol–water partition coefficient (Wildman–Crippen LogP) is 3.37. The molecule has 1 heterocycles. The summed E-state index contributed by atoms with van der Waals surface area (Å²) in [4.78, 5) is 0.177. The zero-order chi connectivity index (χ0) is 19.1. The van der Waals surface area contributed by atoms with E-state index in [-0.39, 0.29) is 23.9 Å². The Kier molecular flexibility index (Phi) is 4.87. The van der Waals surface area contributed by atoms with Gasteiger partial charge >= 0.3 is 6.18 Å². The molecule has 1 fully saturated rings. The molecule has 1 saturated carbocycles. The Morgan fingerprint density at radius 1 is 1.23 bits per heavy atom. The molecule has 0 unspecified atom stereocenters. The highest BCUT2D eigenvalue weighted by Crippen LogP contribution is 2.42. The van der Waals surface area contributed by atoms with Crippen LogP contribution in [-0.2, 0) is 22.7 Å². The molecule has 1 N–H and O–H groups in total. The lowest BCUT2D eigenvalue weighted by Crippen LogP contribution is -2.28. The number of hydrogen-bond donors (Lipinski definition) is 1. The molecule has 0 atom stereocenters. The summed E-state index contributed by atoms with van der Waals surface area (Å²) in [5.74, 6) is 0.0780. The normalized spacial score (nSPS) is 15.4. The summed E-state index contributed by atoms with van der Waals surface area (Å²) < 4.78 is 67.3. The van der Waals surface area contributed by atoms with E-state index in [4.69, 9.17) is 0 Å². The number of aromatic nitrogens is 2. The van der Waals surface area contributed by atoms with Gasteiger partial charge in [-0.1, -0.05) is 12.1 Å². The molecule has 0 saturated heterocycles. The van der Waals surface area contributed by atoms with E-state index in [2.05, 4.69) is 9.82 Å².